The summed E-state index contributed by atoms with van der Waals surface area (Å²) in [5.41, 5.74) is -4.76. The van der Waals surface area contributed by atoms with E-state index in [1.54, 1.807) is 19.1 Å². The molecule has 0 saturated heterocycles. The third kappa shape index (κ3) is 5.09. The third-order valence-corrected chi connectivity index (χ3v) is 11.1. The lowest BCUT2D eigenvalue weighted by atomic mass is 9.59. The van der Waals surface area contributed by atoms with E-state index in [2.05, 4.69) is 6.92 Å². The summed E-state index contributed by atoms with van der Waals surface area (Å²) in [7, 11) is 0. The topological polar surface area (TPSA) is 130 Å². The first-order valence-electron chi connectivity index (χ1n) is 16.1. The van der Waals surface area contributed by atoms with Crippen LogP contribution in [0.4, 0.5) is 0 Å². The monoisotopic (exact) mass is 588 g/mol. The molecule has 2 fully saturated rings. The van der Waals surface area contributed by atoms with Crippen molar-refractivity contribution in [3.8, 4) is 0 Å². The van der Waals surface area contributed by atoms with Gasteiger partial charge in [-0.3, -0.25) is 14.4 Å². The van der Waals surface area contributed by atoms with Crippen LogP contribution in [0.25, 0.3) is 0 Å². The Morgan fingerprint density at radius 2 is 1.60 bits per heavy atom. The Bertz CT molecular complexity index is 1120. The Morgan fingerprint density at radius 3 is 2.19 bits per heavy atom. The molecule has 4 aliphatic rings. The van der Waals surface area contributed by atoms with Gasteiger partial charge in [-0.25, -0.2) is 0 Å². The Kier molecular flexibility index (Phi) is 9.52. The number of rotatable bonds is 13. The fourth-order valence-electron chi connectivity index (χ4n) is 8.74. The van der Waals surface area contributed by atoms with Crippen molar-refractivity contribution in [2.45, 2.75) is 136 Å². The molecule has 8 heteroatoms. The molecule has 0 amide bonds. The van der Waals surface area contributed by atoms with Gasteiger partial charge in [-0.1, -0.05) is 91.2 Å². The molecule has 4 aliphatic carbocycles. The first-order valence-corrected chi connectivity index (χ1v) is 16.1. The van der Waals surface area contributed by atoms with E-state index in [9.17, 15) is 29.7 Å². The van der Waals surface area contributed by atoms with Gasteiger partial charge in [0.25, 0.3) is 0 Å². The van der Waals surface area contributed by atoms with Crippen LogP contribution in [0.2, 0.25) is 0 Å². The largest absolute Gasteiger partial charge is 0.461 e. The first-order chi connectivity index (χ1) is 19.7. The normalized spacial score (nSPS) is 37.9. The highest BCUT2D eigenvalue weighted by atomic mass is 16.6. The number of allylic oxidation sites excluding steroid dienone is 1. The second kappa shape index (κ2) is 12.2. The van der Waals surface area contributed by atoms with Crippen molar-refractivity contribution in [1.29, 1.82) is 0 Å². The fourth-order valence-corrected chi connectivity index (χ4v) is 8.74. The summed E-state index contributed by atoms with van der Waals surface area (Å²) in [6.07, 6.45) is 11.0. The van der Waals surface area contributed by atoms with Crippen LogP contribution in [0.3, 0.4) is 0 Å². The number of esters is 2. The van der Waals surface area contributed by atoms with Crippen LogP contribution >= 0.6 is 0 Å². The molecule has 3 N–H and O–H groups in total. The Balaban J connectivity index is 1.57. The summed E-state index contributed by atoms with van der Waals surface area (Å²) in [5, 5.41) is 35.0. The zero-order valence-corrected chi connectivity index (χ0v) is 26.4. The van der Waals surface area contributed by atoms with E-state index in [1.165, 1.54) is 45.4 Å². The number of ketones is 1. The Morgan fingerprint density at radius 1 is 1.00 bits per heavy atom. The molecule has 0 aromatic heterocycles. The molecule has 2 saturated carbocycles. The molecule has 8 nitrogen and oxygen atoms in total. The van der Waals surface area contributed by atoms with E-state index >= 15 is 0 Å². The van der Waals surface area contributed by atoms with Crippen molar-refractivity contribution in [2.24, 2.45) is 28.6 Å². The summed E-state index contributed by atoms with van der Waals surface area (Å²) >= 11 is 0. The van der Waals surface area contributed by atoms with E-state index in [1.807, 2.05) is 20.8 Å². The van der Waals surface area contributed by atoms with Gasteiger partial charge in [0, 0.05) is 30.6 Å². The number of ether oxygens (including phenoxy) is 2. The number of hydrogen-bond donors (Lipinski definition) is 3. The first kappa shape index (κ1) is 32.9. The minimum absolute atomic E-state index is 0.168. The van der Waals surface area contributed by atoms with Gasteiger partial charge in [0.15, 0.2) is 5.78 Å². The van der Waals surface area contributed by atoms with Gasteiger partial charge in [0.2, 0.25) is 0 Å². The Labute approximate surface area is 250 Å². The van der Waals surface area contributed by atoms with Crippen molar-refractivity contribution < 1.29 is 39.2 Å². The number of carbonyl (C=O) groups excluding carboxylic acids is 3. The van der Waals surface area contributed by atoms with Crippen LogP contribution in [0.1, 0.15) is 112 Å². The zero-order chi connectivity index (χ0) is 31.1. The van der Waals surface area contributed by atoms with Gasteiger partial charge in [-0.15, -0.1) is 0 Å². The maximum atomic E-state index is 14.6. The lowest BCUT2D eigenvalue weighted by Gasteiger charge is -2.48. The van der Waals surface area contributed by atoms with Crippen LogP contribution < -0.4 is 0 Å². The van der Waals surface area contributed by atoms with Crippen molar-refractivity contribution in [3.63, 3.8) is 0 Å². The molecule has 0 radical (unpaired) electrons. The number of fused-ring (bicyclic) bond motifs is 3. The summed E-state index contributed by atoms with van der Waals surface area (Å²) < 4.78 is 11.6. The van der Waals surface area contributed by atoms with Crippen LogP contribution in [0, 0.1) is 28.6 Å². The molecule has 4 rings (SSSR count). The number of aliphatic hydroxyl groups is 3. The zero-order valence-electron chi connectivity index (χ0n) is 26.4. The summed E-state index contributed by atoms with van der Waals surface area (Å²) in [6, 6.07) is 0. The number of Topliss-reactive ketones (excluding diaryl/α,β-unsaturated/α-hetero) is 1. The summed E-state index contributed by atoms with van der Waals surface area (Å²) in [6.45, 7) is 10.6. The summed E-state index contributed by atoms with van der Waals surface area (Å²) in [4.78, 5) is 39.5. The van der Waals surface area contributed by atoms with E-state index < -0.39 is 52.0 Å². The van der Waals surface area contributed by atoms with Crippen LogP contribution in [0.15, 0.2) is 23.3 Å². The van der Waals surface area contributed by atoms with Gasteiger partial charge in [-0.05, 0) is 36.8 Å². The minimum Gasteiger partial charge on any atom is -0.461 e. The van der Waals surface area contributed by atoms with Gasteiger partial charge in [-0.2, -0.15) is 0 Å². The molecule has 0 unspecified atom stereocenters. The molecule has 0 aromatic rings. The third-order valence-electron chi connectivity index (χ3n) is 11.1. The van der Waals surface area contributed by atoms with Crippen molar-refractivity contribution >= 4 is 17.7 Å². The quantitative estimate of drug-likeness (QED) is 0.156. The van der Waals surface area contributed by atoms with Crippen molar-refractivity contribution in [3.05, 3.63) is 23.3 Å². The standard InChI is InChI=1S/C34H52O8/c1-7-8-9-10-11-12-13-14-15-16-26(36)42-33-19-22(3)32-18-21(2)28(37)34(32,40)29(38)24(20-41-23(4)35)17-25(30(32)39)27(33)31(33,5)6/h17-18,22,25,27-29,37-38,40H,7-16,19-20H2,1-6H3/t22-,25+,27-,28+,29-,32+,33+,34-/m1/s1. The minimum atomic E-state index is -2.25. The fraction of sp³-hybridized carbons (Fsp3) is 0.794. The van der Waals surface area contributed by atoms with Crippen molar-refractivity contribution in [1.82, 2.24) is 0 Å². The van der Waals surface area contributed by atoms with Gasteiger partial charge >= 0.3 is 11.9 Å². The van der Waals surface area contributed by atoms with E-state index in [-0.39, 0.29) is 29.9 Å². The number of hydrogen-bond acceptors (Lipinski definition) is 8. The predicted octanol–water partition coefficient (Wildman–Crippen LogP) is 4.97. The molecule has 0 aliphatic heterocycles. The van der Waals surface area contributed by atoms with Crippen molar-refractivity contribution in [2.75, 3.05) is 6.61 Å². The average Bonchev–Trinajstić information content (AvgIpc) is 3.34. The smallest absolute Gasteiger partial charge is 0.306 e. The number of aliphatic hydroxyl groups excluding tert-OH is 2. The van der Waals surface area contributed by atoms with Crippen LogP contribution in [-0.2, 0) is 23.9 Å². The molecule has 1 spiro atoms. The molecule has 0 aromatic carbocycles. The molecular weight excluding hydrogens is 536 g/mol. The second-order valence-electron chi connectivity index (χ2n) is 14.0. The highest BCUT2D eigenvalue weighted by Gasteiger charge is 2.83. The molecule has 42 heavy (non-hydrogen) atoms. The number of carbonyl (C=O) groups is 3. The molecule has 8 atom stereocenters. The van der Waals surface area contributed by atoms with Crippen LogP contribution in [-0.4, -0.2) is 63.1 Å². The highest BCUT2D eigenvalue weighted by Crippen LogP contribution is 2.75. The highest BCUT2D eigenvalue weighted by molar-refractivity contribution is 5.96. The van der Waals surface area contributed by atoms with Gasteiger partial charge in [0.05, 0.1) is 5.41 Å². The van der Waals surface area contributed by atoms with Gasteiger partial charge < -0.3 is 24.8 Å². The molecule has 0 heterocycles. The average molecular weight is 589 g/mol. The molecule has 2 bridgehead atoms. The molecular formula is C34H52O8. The van der Waals surface area contributed by atoms with E-state index in [4.69, 9.17) is 9.47 Å². The molecule has 236 valence electrons. The van der Waals surface area contributed by atoms with E-state index in [0.29, 0.717) is 18.4 Å². The lowest BCUT2D eigenvalue weighted by Crippen LogP contribution is -2.65. The second-order valence-corrected chi connectivity index (χ2v) is 14.0. The SMILES string of the molecule is CCCCCCCCCCCC(=O)O[C@@]12C[C@@H](C)[C@]34C=C(C)[C@H](O)[C@@]3(O)[C@H](O)C(COC(C)=O)=C[C@H](C4=O)[C@@H]1C2(C)C. The van der Waals surface area contributed by atoms with Gasteiger partial charge in [0.1, 0.15) is 30.0 Å². The van der Waals surface area contributed by atoms with Crippen LogP contribution in [0.5, 0.6) is 0 Å². The Hall–Kier alpha value is -2.03. The van der Waals surface area contributed by atoms with E-state index in [0.717, 1.165) is 19.3 Å². The maximum absolute atomic E-state index is 14.6. The predicted molar refractivity (Wildman–Crippen MR) is 158 cm³/mol. The maximum Gasteiger partial charge on any atom is 0.306 e. The number of unbranched alkanes of at least 4 members (excludes halogenated alkanes) is 8. The summed E-state index contributed by atoms with van der Waals surface area (Å²) in [5.74, 6) is -2.92. The lowest BCUT2D eigenvalue weighted by molar-refractivity contribution is -0.192.